The number of ether oxygens (including phenoxy) is 2. The molecule has 0 atom stereocenters. The summed E-state index contributed by atoms with van der Waals surface area (Å²) < 4.78 is 12.6. The molecule has 5 heteroatoms. The van der Waals surface area contributed by atoms with Crippen molar-refractivity contribution in [3.63, 3.8) is 0 Å². The summed E-state index contributed by atoms with van der Waals surface area (Å²) in [5.74, 6) is 2.70. The normalized spacial score (nSPS) is 10.9. The Morgan fingerprint density at radius 2 is 2.04 bits per heavy atom. The van der Waals surface area contributed by atoms with Crippen LogP contribution in [0.5, 0.6) is 11.5 Å². The number of fused-ring (bicyclic) bond motifs is 1. The van der Waals surface area contributed by atoms with Crippen LogP contribution in [0.4, 0.5) is 0 Å². The van der Waals surface area contributed by atoms with Crippen molar-refractivity contribution < 1.29 is 19.4 Å². The molecule has 0 unspecified atom stereocenters. The second-order valence-electron chi connectivity index (χ2n) is 5.87. The largest absolute Gasteiger partial charge is 0.497 e. The van der Waals surface area contributed by atoms with Gasteiger partial charge in [0, 0.05) is 23.5 Å². The highest BCUT2D eigenvalue weighted by molar-refractivity contribution is 6.08. The Morgan fingerprint density at radius 1 is 1.26 bits per heavy atom. The number of carboxylic acid groups (broad SMARTS) is 1. The molecule has 0 aliphatic carbocycles. The average molecular weight is 361 g/mol. The minimum Gasteiger partial charge on any atom is -0.497 e. The molecule has 0 amide bonds. The molecule has 0 radical (unpaired) electrons. The summed E-state index contributed by atoms with van der Waals surface area (Å²) in [4.78, 5) is 11.9. The summed E-state index contributed by atoms with van der Waals surface area (Å²) in [5, 5.41) is 10.4. The maximum absolute atomic E-state index is 11.9. The Balaban J connectivity index is 2.11. The Hall–Kier alpha value is -3.65. The highest BCUT2D eigenvalue weighted by Crippen LogP contribution is 2.31. The van der Waals surface area contributed by atoms with E-state index in [0.717, 1.165) is 11.1 Å². The van der Waals surface area contributed by atoms with Gasteiger partial charge in [-0.15, -0.1) is 6.42 Å². The first kappa shape index (κ1) is 18.2. The minimum absolute atomic E-state index is 0.166. The third-order valence-electron chi connectivity index (χ3n) is 4.32. The fourth-order valence-corrected chi connectivity index (χ4v) is 3.03. The smallest absolute Gasteiger partial charge is 0.338 e. The van der Waals surface area contributed by atoms with Crippen molar-refractivity contribution in [3.8, 4) is 23.8 Å². The van der Waals surface area contributed by atoms with Crippen LogP contribution in [0, 0.1) is 12.3 Å². The van der Waals surface area contributed by atoms with Gasteiger partial charge in [-0.25, -0.2) is 4.79 Å². The zero-order valence-electron chi connectivity index (χ0n) is 15.1. The zero-order valence-corrected chi connectivity index (χ0v) is 15.1. The van der Waals surface area contributed by atoms with Crippen molar-refractivity contribution in [2.45, 2.75) is 0 Å². The fraction of sp³-hybridized carbons (Fsp3) is 0.136. The molecular weight excluding hydrogens is 342 g/mol. The number of nitrogens with zero attached hydrogens (tertiary/aromatic N) is 1. The van der Waals surface area contributed by atoms with E-state index in [-0.39, 0.29) is 12.2 Å². The molecule has 136 valence electrons. The first-order chi connectivity index (χ1) is 13.1. The van der Waals surface area contributed by atoms with Gasteiger partial charge in [-0.2, -0.15) is 0 Å². The number of benzene rings is 2. The topological polar surface area (TPSA) is 60.7 Å². The predicted octanol–water partition coefficient (Wildman–Crippen LogP) is 4.07. The van der Waals surface area contributed by atoms with Gasteiger partial charge in [-0.3, -0.25) is 0 Å². The maximum Gasteiger partial charge on any atom is 0.338 e. The number of aryl methyl sites for hydroxylation is 1. The molecular formula is C22H19NO4. The summed E-state index contributed by atoms with van der Waals surface area (Å²) in [6.07, 6.45) is 8.85. The van der Waals surface area contributed by atoms with Gasteiger partial charge < -0.3 is 19.1 Å². The van der Waals surface area contributed by atoms with E-state index in [4.69, 9.17) is 15.9 Å². The first-order valence-electron chi connectivity index (χ1n) is 8.30. The number of para-hydroxylation sites is 1. The van der Waals surface area contributed by atoms with Crippen LogP contribution >= 0.6 is 0 Å². The van der Waals surface area contributed by atoms with Crippen LogP contribution < -0.4 is 9.47 Å². The van der Waals surface area contributed by atoms with Gasteiger partial charge in [0.15, 0.2) is 0 Å². The number of carbonyl (C=O) groups is 1. The Bertz CT molecular complexity index is 1070. The number of rotatable bonds is 6. The molecule has 2 aromatic carbocycles. The Kier molecular flexibility index (Phi) is 5.18. The fourth-order valence-electron chi connectivity index (χ4n) is 3.03. The quantitative estimate of drug-likeness (QED) is 0.673. The second kappa shape index (κ2) is 7.71. The lowest BCUT2D eigenvalue weighted by Crippen LogP contribution is -2.00. The van der Waals surface area contributed by atoms with E-state index in [1.54, 1.807) is 19.3 Å². The molecule has 0 spiro atoms. The van der Waals surface area contributed by atoms with E-state index in [2.05, 4.69) is 5.92 Å². The molecule has 0 fully saturated rings. The van der Waals surface area contributed by atoms with Crippen LogP contribution in [0.15, 0.2) is 42.5 Å². The summed E-state index contributed by atoms with van der Waals surface area (Å²) in [6.45, 7) is 0.166. The molecule has 27 heavy (non-hydrogen) atoms. The van der Waals surface area contributed by atoms with Crippen LogP contribution in [0.25, 0.3) is 23.1 Å². The first-order valence-corrected chi connectivity index (χ1v) is 8.30. The van der Waals surface area contributed by atoms with E-state index in [1.807, 2.05) is 54.1 Å². The molecule has 5 nitrogen and oxygen atoms in total. The van der Waals surface area contributed by atoms with Gasteiger partial charge in [0.2, 0.25) is 0 Å². The number of methoxy groups -OCH3 is 1. The number of aromatic nitrogens is 1. The molecule has 0 saturated heterocycles. The molecule has 1 heterocycles. The predicted molar refractivity (Wildman–Crippen MR) is 106 cm³/mol. The maximum atomic E-state index is 11.9. The van der Waals surface area contributed by atoms with E-state index in [9.17, 15) is 9.90 Å². The third-order valence-corrected chi connectivity index (χ3v) is 4.32. The molecule has 0 bridgehead atoms. The van der Waals surface area contributed by atoms with Gasteiger partial charge >= 0.3 is 5.97 Å². The summed E-state index contributed by atoms with van der Waals surface area (Å²) in [5.41, 5.74) is 2.43. The van der Waals surface area contributed by atoms with Crippen molar-refractivity contribution in [2.24, 2.45) is 7.05 Å². The summed E-state index contributed by atoms with van der Waals surface area (Å²) >= 11 is 0. The van der Waals surface area contributed by atoms with Gasteiger partial charge in [0.05, 0.1) is 18.4 Å². The van der Waals surface area contributed by atoms with Crippen molar-refractivity contribution in [2.75, 3.05) is 13.7 Å². The molecule has 3 rings (SSSR count). The van der Waals surface area contributed by atoms with E-state index in [0.29, 0.717) is 22.6 Å². The van der Waals surface area contributed by atoms with Crippen molar-refractivity contribution in [1.29, 1.82) is 0 Å². The second-order valence-corrected chi connectivity index (χ2v) is 5.87. The lowest BCUT2D eigenvalue weighted by molar-refractivity contribution is 0.0698. The average Bonchev–Trinajstić information content (AvgIpc) is 2.96. The van der Waals surface area contributed by atoms with Gasteiger partial charge in [-0.05, 0) is 36.4 Å². The number of carboxylic acids is 1. The van der Waals surface area contributed by atoms with Gasteiger partial charge in [0.25, 0.3) is 0 Å². The number of hydrogen-bond donors (Lipinski definition) is 1. The van der Waals surface area contributed by atoms with Crippen LogP contribution in [0.3, 0.4) is 0 Å². The number of aromatic carboxylic acids is 1. The molecule has 0 aliphatic rings. The van der Waals surface area contributed by atoms with Gasteiger partial charge in [-0.1, -0.05) is 24.1 Å². The summed E-state index contributed by atoms with van der Waals surface area (Å²) in [6, 6.07) is 12.8. The van der Waals surface area contributed by atoms with Crippen molar-refractivity contribution in [1.82, 2.24) is 4.57 Å². The van der Waals surface area contributed by atoms with Crippen LogP contribution in [-0.2, 0) is 7.05 Å². The van der Waals surface area contributed by atoms with Crippen LogP contribution in [0.2, 0.25) is 0 Å². The van der Waals surface area contributed by atoms with Crippen LogP contribution in [-0.4, -0.2) is 29.4 Å². The van der Waals surface area contributed by atoms with Crippen molar-refractivity contribution in [3.05, 3.63) is 59.3 Å². The summed E-state index contributed by atoms with van der Waals surface area (Å²) in [7, 11) is 3.39. The number of hydrogen-bond acceptors (Lipinski definition) is 3. The standard InChI is InChI=1S/C22H19NO4/c1-4-13-27-20-8-6-5-7-15(20)9-11-19-21(22(24)25)17-14-16(26-3)10-12-18(17)23(19)2/h1,5-12,14H,13H2,2-3H3,(H,24,25)/b11-9+. The molecule has 3 aromatic rings. The molecule has 1 aromatic heterocycles. The molecule has 1 N–H and O–H groups in total. The monoisotopic (exact) mass is 361 g/mol. The van der Waals surface area contributed by atoms with Gasteiger partial charge in [0.1, 0.15) is 18.1 Å². The zero-order chi connectivity index (χ0) is 19.4. The third kappa shape index (κ3) is 3.51. The van der Waals surface area contributed by atoms with Crippen molar-refractivity contribution >= 4 is 29.0 Å². The lowest BCUT2D eigenvalue weighted by Gasteiger charge is -2.06. The lowest BCUT2D eigenvalue weighted by atomic mass is 10.1. The highest BCUT2D eigenvalue weighted by atomic mass is 16.5. The molecule has 0 saturated carbocycles. The van der Waals surface area contributed by atoms with E-state index >= 15 is 0 Å². The number of terminal acetylenes is 1. The Labute approximate surface area is 157 Å². The van der Waals surface area contributed by atoms with E-state index in [1.165, 1.54) is 0 Å². The minimum atomic E-state index is -0.995. The molecule has 0 aliphatic heterocycles. The van der Waals surface area contributed by atoms with Crippen LogP contribution in [0.1, 0.15) is 21.6 Å². The highest BCUT2D eigenvalue weighted by Gasteiger charge is 2.19. The SMILES string of the molecule is C#CCOc1ccccc1/C=C/c1c(C(=O)O)c2cc(OC)ccc2n1C. The van der Waals surface area contributed by atoms with E-state index < -0.39 is 5.97 Å². The Morgan fingerprint density at radius 3 is 2.74 bits per heavy atom.